The van der Waals surface area contributed by atoms with Crippen molar-refractivity contribution >= 4 is 33.2 Å². The molecule has 0 amide bonds. The molecule has 0 saturated heterocycles. The summed E-state index contributed by atoms with van der Waals surface area (Å²) >= 11 is 2.90. The van der Waals surface area contributed by atoms with E-state index in [-0.39, 0.29) is 5.00 Å². The third-order valence-corrected chi connectivity index (χ3v) is 3.33. The van der Waals surface area contributed by atoms with E-state index in [9.17, 15) is 10.1 Å². The predicted molar refractivity (Wildman–Crippen MR) is 64.9 cm³/mol. The van der Waals surface area contributed by atoms with E-state index in [1.54, 1.807) is 0 Å². The van der Waals surface area contributed by atoms with Gasteiger partial charge in [-0.15, -0.1) is 0 Å². The summed E-state index contributed by atoms with van der Waals surface area (Å²) in [4.78, 5) is 13.9. The third-order valence-electron chi connectivity index (χ3n) is 1.72. The number of hydrogen-bond donors (Lipinski definition) is 1. The molecular formula is C8H13N3O2S2. The Labute approximate surface area is 96.4 Å². The Kier molecular flexibility index (Phi) is 5.41. The molecule has 1 heterocycles. The van der Waals surface area contributed by atoms with Crippen molar-refractivity contribution in [2.45, 2.75) is 12.8 Å². The van der Waals surface area contributed by atoms with Gasteiger partial charge in [0.15, 0.2) is 5.13 Å². The molecule has 1 aromatic heterocycles. The summed E-state index contributed by atoms with van der Waals surface area (Å²) in [5.74, 6) is 1.15. The van der Waals surface area contributed by atoms with Gasteiger partial charge in [-0.25, -0.2) is 4.98 Å². The van der Waals surface area contributed by atoms with E-state index in [4.69, 9.17) is 0 Å². The van der Waals surface area contributed by atoms with Crippen LogP contribution in [0.4, 0.5) is 10.1 Å². The molecule has 7 heteroatoms. The lowest BCUT2D eigenvalue weighted by Gasteiger charge is -2.00. The van der Waals surface area contributed by atoms with Crippen LogP contribution in [0.15, 0.2) is 6.20 Å². The summed E-state index contributed by atoms with van der Waals surface area (Å²) in [5, 5.41) is 14.2. The van der Waals surface area contributed by atoms with E-state index in [2.05, 4.69) is 16.6 Å². The minimum atomic E-state index is -0.420. The van der Waals surface area contributed by atoms with Crippen LogP contribution in [0, 0.1) is 10.1 Å². The maximum atomic E-state index is 10.4. The summed E-state index contributed by atoms with van der Waals surface area (Å²) in [6.45, 7) is 0.825. The molecule has 0 aromatic carbocycles. The standard InChI is InChI=1S/C8H13N3O2S2/c1-14-5-3-2-4-9-8-10-6-7(15-8)11(12)13/h6H,2-5H2,1H3,(H,9,10). The van der Waals surface area contributed by atoms with Crippen LogP contribution >= 0.6 is 23.1 Å². The number of thiazole rings is 1. The first kappa shape index (κ1) is 12.3. The van der Waals surface area contributed by atoms with Crippen LogP contribution in [-0.2, 0) is 0 Å². The number of nitrogens with zero attached hydrogens (tertiary/aromatic N) is 2. The van der Waals surface area contributed by atoms with Gasteiger partial charge in [-0.3, -0.25) is 10.1 Å². The van der Waals surface area contributed by atoms with Crippen molar-refractivity contribution in [1.82, 2.24) is 4.98 Å². The molecule has 0 radical (unpaired) electrons. The molecule has 0 atom stereocenters. The van der Waals surface area contributed by atoms with Crippen LogP contribution in [0.3, 0.4) is 0 Å². The minimum absolute atomic E-state index is 0.0848. The highest BCUT2D eigenvalue weighted by Crippen LogP contribution is 2.24. The number of rotatable bonds is 7. The van der Waals surface area contributed by atoms with Crippen molar-refractivity contribution in [3.63, 3.8) is 0 Å². The van der Waals surface area contributed by atoms with E-state index < -0.39 is 4.92 Å². The lowest BCUT2D eigenvalue weighted by atomic mass is 10.3. The molecule has 15 heavy (non-hydrogen) atoms. The van der Waals surface area contributed by atoms with Crippen LogP contribution in [0.5, 0.6) is 0 Å². The van der Waals surface area contributed by atoms with Crippen molar-refractivity contribution in [3.05, 3.63) is 16.3 Å². The van der Waals surface area contributed by atoms with E-state index >= 15 is 0 Å². The highest BCUT2D eigenvalue weighted by molar-refractivity contribution is 7.98. The zero-order valence-electron chi connectivity index (χ0n) is 8.43. The monoisotopic (exact) mass is 247 g/mol. The Balaban J connectivity index is 2.23. The molecule has 0 saturated carbocycles. The summed E-state index contributed by atoms with van der Waals surface area (Å²) in [6.07, 6.45) is 5.59. The minimum Gasteiger partial charge on any atom is -0.361 e. The number of nitrogens with one attached hydrogen (secondary N) is 1. The Morgan fingerprint density at radius 2 is 2.47 bits per heavy atom. The summed E-state index contributed by atoms with van der Waals surface area (Å²) < 4.78 is 0. The number of nitro groups is 1. The van der Waals surface area contributed by atoms with E-state index in [0.29, 0.717) is 5.13 Å². The molecule has 0 aliphatic carbocycles. The summed E-state index contributed by atoms with van der Waals surface area (Å²) in [7, 11) is 0. The molecule has 0 aliphatic heterocycles. The summed E-state index contributed by atoms with van der Waals surface area (Å²) in [6, 6.07) is 0. The maximum Gasteiger partial charge on any atom is 0.345 e. The molecule has 0 unspecified atom stereocenters. The quantitative estimate of drug-likeness (QED) is 0.455. The fraction of sp³-hybridized carbons (Fsp3) is 0.625. The molecule has 0 aliphatic rings. The second-order valence-corrected chi connectivity index (χ2v) is 4.88. The first-order valence-electron chi connectivity index (χ1n) is 4.57. The molecule has 5 nitrogen and oxygen atoms in total. The van der Waals surface area contributed by atoms with Gasteiger partial charge in [0.1, 0.15) is 6.20 Å². The van der Waals surface area contributed by atoms with Gasteiger partial charge < -0.3 is 5.32 Å². The highest BCUT2D eigenvalue weighted by atomic mass is 32.2. The first-order valence-corrected chi connectivity index (χ1v) is 6.78. The largest absolute Gasteiger partial charge is 0.361 e. The first-order chi connectivity index (χ1) is 7.24. The molecule has 1 N–H and O–H groups in total. The molecule has 0 fully saturated rings. The fourth-order valence-electron chi connectivity index (χ4n) is 0.998. The number of aromatic nitrogens is 1. The van der Waals surface area contributed by atoms with Crippen LogP contribution < -0.4 is 5.32 Å². The zero-order valence-corrected chi connectivity index (χ0v) is 10.1. The normalized spacial score (nSPS) is 10.2. The molecular weight excluding hydrogens is 234 g/mol. The maximum absolute atomic E-state index is 10.4. The van der Waals surface area contributed by atoms with Gasteiger partial charge in [-0.1, -0.05) is 0 Å². The lowest BCUT2D eigenvalue weighted by Crippen LogP contribution is -2.00. The average Bonchev–Trinajstić information content (AvgIpc) is 2.66. The number of anilines is 1. The molecule has 0 spiro atoms. The van der Waals surface area contributed by atoms with Gasteiger partial charge in [-0.2, -0.15) is 11.8 Å². The van der Waals surface area contributed by atoms with Gasteiger partial charge in [0.25, 0.3) is 0 Å². The second-order valence-electron chi connectivity index (χ2n) is 2.89. The number of thioether (sulfide) groups is 1. The van der Waals surface area contributed by atoms with Crippen LogP contribution in [0.1, 0.15) is 12.8 Å². The van der Waals surface area contributed by atoms with Crippen LogP contribution in [0.25, 0.3) is 0 Å². The number of hydrogen-bond acceptors (Lipinski definition) is 6. The Bertz CT molecular complexity index is 317. The Morgan fingerprint density at radius 1 is 1.67 bits per heavy atom. The Hall–Kier alpha value is -0.820. The second kappa shape index (κ2) is 6.62. The van der Waals surface area contributed by atoms with Crippen molar-refractivity contribution in [3.8, 4) is 0 Å². The topological polar surface area (TPSA) is 68.1 Å². The molecule has 1 aromatic rings. The van der Waals surface area contributed by atoms with Crippen molar-refractivity contribution in [1.29, 1.82) is 0 Å². The van der Waals surface area contributed by atoms with Gasteiger partial charge in [0.05, 0.1) is 4.92 Å². The SMILES string of the molecule is CSCCCCNc1ncc([N+](=O)[O-])s1. The molecule has 84 valence electrons. The highest BCUT2D eigenvalue weighted by Gasteiger charge is 2.10. The fourth-order valence-corrected chi connectivity index (χ4v) is 2.15. The van der Waals surface area contributed by atoms with Crippen LogP contribution in [-0.4, -0.2) is 28.5 Å². The van der Waals surface area contributed by atoms with Crippen molar-refractivity contribution in [2.75, 3.05) is 23.9 Å². The predicted octanol–water partition coefficient (Wildman–Crippen LogP) is 2.61. The third kappa shape index (κ3) is 4.48. The molecule has 1 rings (SSSR count). The number of unbranched alkanes of at least 4 members (excludes halogenated alkanes) is 1. The van der Waals surface area contributed by atoms with Crippen LogP contribution in [0.2, 0.25) is 0 Å². The van der Waals surface area contributed by atoms with Gasteiger partial charge >= 0.3 is 5.00 Å². The van der Waals surface area contributed by atoms with Crippen molar-refractivity contribution in [2.24, 2.45) is 0 Å². The molecule has 0 bridgehead atoms. The van der Waals surface area contributed by atoms with E-state index in [1.807, 2.05) is 11.8 Å². The lowest BCUT2D eigenvalue weighted by molar-refractivity contribution is -0.380. The average molecular weight is 247 g/mol. The van der Waals surface area contributed by atoms with Gasteiger partial charge in [0.2, 0.25) is 0 Å². The zero-order chi connectivity index (χ0) is 11.1. The Morgan fingerprint density at radius 3 is 3.07 bits per heavy atom. The van der Waals surface area contributed by atoms with E-state index in [1.165, 1.54) is 6.20 Å². The van der Waals surface area contributed by atoms with Crippen molar-refractivity contribution < 1.29 is 4.92 Å². The van der Waals surface area contributed by atoms with Gasteiger partial charge in [-0.05, 0) is 36.2 Å². The smallest absolute Gasteiger partial charge is 0.345 e. The van der Waals surface area contributed by atoms with E-state index in [0.717, 1.165) is 36.5 Å². The van der Waals surface area contributed by atoms with Gasteiger partial charge in [0, 0.05) is 6.54 Å². The summed E-state index contributed by atoms with van der Waals surface area (Å²) in [5.41, 5.74) is 0.